The minimum atomic E-state index is -0.490. The van der Waals surface area contributed by atoms with E-state index < -0.39 is 4.92 Å². The Balaban J connectivity index is 2.14. The molecule has 2 heterocycles. The van der Waals surface area contributed by atoms with E-state index in [1.807, 2.05) is 13.8 Å². The van der Waals surface area contributed by atoms with E-state index in [0.29, 0.717) is 19.0 Å². The van der Waals surface area contributed by atoms with Crippen molar-refractivity contribution in [2.75, 3.05) is 30.3 Å². The van der Waals surface area contributed by atoms with Crippen molar-refractivity contribution in [3.05, 3.63) is 16.3 Å². The van der Waals surface area contributed by atoms with Gasteiger partial charge in [-0.2, -0.15) is 4.98 Å². The summed E-state index contributed by atoms with van der Waals surface area (Å²) < 4.78 is 5.65. The Morgan fingerprint density at radius 2 is 2.35 bits per heavy atom. The van der Waals surface area contributed by atoms with Crippen molar-refractivity contribution in [1.29, 1.82) is 0 Å². The van der Waals surface area contributed by atoms with Crippen LogP contribution in [0.3, 0.4) is 0 Å². The van der Waals surface area contributed by atoms with Crippen molar-refractivity contribution in [2.45, 2.75) is 32.3 Å². The Kier molecular flexibility index (Phi) is 4.33. The van der Waals surface area contributed by atoms with Crippen molar-refractivity contribution in [1.82, 2.24) is 9.97 Å². The highest BCUT2D eigenvalue weighted by Crippen LogP contribution is 2.27. The average molecular weight is 281 g/mol. The fourth-order valence-corrected chi connectivity index (χ4v) is 2.13. The molecule has 2 rings (SSSR count). The van der Waals surface area contributed by atoms with Crippen LogP contribution in [0, 0.1) is 10.1 Å². The van der Waals surface area contributed by atoms with Crippen LogP contribution in [0.2, 0.25) is 0 Å². The summed E-state index contributed by atoms with van der Waals surface area (Å²) in [5.74, 6) is 0.593. The van der Waals surface area contributed by atoms with Crippen LogP contribution in [0.4, 0.5) is 17.5 Å². The van der Waals surface area contributed by atoms with Gasteiger partial charge in [0.2, 0.25) is 11.8 Å². The quantitative estimate of drug-likeness (QED) is 0.605. The number of nitro groups is 1. The predicted molar refractivity (Wildman–Crippen MR) is 74.9 cm³/mol. The van der Waals surface area contributed by atoms with Crippen molar-refractivity contribution < 1.29 is 9.66 Å². The molecule has 20 heavy (non-hydrogen) atoms. The van der Waals surface area contributed by atoms with Crippen LogP contribution in [0.1, 0.15) is 26.7 Å². The van der Waals surface area contributed by atoms with E-state index in [1.165, 1.54) is 6.20 Å². The van der Waals surface area contributed by atoms with E-state index in [2.05, 4.69) is 20.6 Å². The van der Waals surface area contributed by atoms with Crippen LogP contribution in [-0.2, 0) is 4.74 Å². The zero-order valence-corrected chi connectivity index (χ0v) is 11.7. The topological polar surface area (TPSA) is 102 Å². The Morgan fingerprint density at radius 1 is 1.55 bits per heavy atom. The molecule has 0 aromatic carbocycles. The summed E-state index contributed by atoms with van der Waals surface area (Å²) in [5, 5.41) is 17.0. The predicted octanol–water partition coefficient (Wildman–Crippen LogP) is 1.80. The molecule has 1 aromatic rings. The molecule has 2 N–H and O–H groups in total. The molecule has 0 spiro atoms. The van der Waals surface area contributed by atoms with E-state index in [-0.39, 0.29) is 17.1 Å². The first-order valence-electron chi connectivity index (χ1n) is 6.67. The third-order valence-corrected chi connectivity index (χ3v) is 3.23. The molecule has 0 saturated carbocycles. The summed E-state index contributed by atoms with van der Waals surface area (Å²) in [6, 6.07) is 0. The van der Waals surface area contributed by atoms with Gasteiger partial charge in [-0.1, -0.05) is 0 Å². The number of hydrogen-bond acceptors (Lipinski definition) is 7. The van der Waals surface area contributed by atoms with Crippen LogP contribution >= 0.6 is 0 Å². The Hall–Kier alpha value is -1.96. The Bertz CT molecular complexity index is 488. The Morgan fingerprint density at radius 3 is 2.95 bits per heavy atom. The fourth-order valence-electron chi connectivity index (χ4n) is 2.13. The SMILES string of the molecule is CCNc1ncc([N+](=O)[O-])c(NCC2(C)CCCO2)n1. The first-order chi connectivity index (χ1) is 9.54. The lowest BCUT2D eigenvalue weighted by atomic mass is 10.0. The maximum absolute atomic E-state index is 11.0. The second-order valence-electron chi connectivity index (χ2n) is 4.97. The molecule has 8 nitrogen and oxygen atoms in total. The molecule has 0 radical (unpaired) electrons. The van der Waals surface area contributed by atoms with Gasteiger partial charge >= 0.3 is 5.69 Å². The highest BCUT2D eigenvalue weighted by atomic mass is 16.6. The number of anilines is 2. The summed E-state index contributed by atoms with van der Waals surface area (Å²) in [4.78, 5) is 18.6. The van der Waals surface area contributed by atoms with E-state index >= 15 is 0 Å². The van der Waals surface area contributed by atoms with Gasteiger partial charge in [-0.3, -0.25) is 10.1 Å². The maximum Gasteiger partial charge on any atom is 0.329 e. The lowest BCUT2D eigenvalue weighted by Gasteiger charge is -2.23. The van der Waals surface area contributed by atoms with Gasteiger partial charge in [0, 0.05) is 19.7 Å². The molecule has 1 aliphatic rings. The molecule has 1 unspecified atom stereocenters. The molecule has 1 saturated heterocycles. The third-order valence-electron chi connectivity index (χ3n) is 3.23. The largest absolute Gasteiger partial charge is 0.373 e. The minimum Gasteiger partial charge on any atom is -0.373 e. The van der Waals surface area contributed by atoms with Crippen molar-refractivity contribution in [3.63, 3.8) is 0 Å². The van der Waals surface area contributed by atoms with Crippen molar-refractivity contribution in [2.24, 2.45) is 0 Å². The summed E-state index contributed by atoms with van der Waals surface area (Å²) in [7, 11) is 0. The van der Waals surface area contributed by atoms with Crippen molar-refractivity contribution >= 4 is 17.5 Å². The van der Waals surface area contributed by atoms with Crippen LogP contribution in [0.25, 0.3) is 0 Å². The molecule has 0 amide bonds. The number of nitrogens with zero attached hydrogens (tertiary/aromatic N) is 3. The normalized spacial score (nSPS) is 21.7. The van der Waals surface area contributed by atoms with Gasteiger partial charge in [0.05, 0.1) is 10.5 Å². The maximum atomic E-state index is 11.0. The second-order valence-corrected chi connectivity index (χ2v) is 4.97. The van der Waals surface area contributed by atoms with E-state index in [9.17, 15) is 10.1 Å². The third kappa shape index (κ3) is 3.32. The molecule has 1 aromatic heterocycles. The van der Waals surface area contributed by atoms with Gasteiger partial charge in [-0.15, -0.1) is 0 Å². The first kappa shape index (κ1) is 14.4. The van der Waals surface area contributed by atoms with Gasteiger partial charge in [-0.25, -0.2) is 4.98 Å². The molecule has 1 fully saturated rings. The molecule has 110 valence electrons. The van der Waals surface area contributed by atoms with Gasteiger partial charge in [-0.05, 0) is 26.7 Å². The van der Waals surface area contributed by atoms with E-state index in [4.69, 9.17) is 4.74 Å². The zero-order valence-electron chi connectivity index (χ0n) is 11.7. The highest BCUT2D eigenvalue weighted by molar-refractivity contribution is 5.57. The Labute approximate surface area is 117 Å². The summed E-state index contributed by atoms with van der Waals surface area (Å²) >= 11 is 0. The lowest BCUT2D eigenvalue weighted by Crippen LogP contribution is -2.33. The average Bonchev–Trinajstić information content (AvgIpc) is 2.84. The first-order valence-corrected chi connectivity index (χ1v) is 6.67. The van der Waals surface area contributed by atoms with Crippen LogP contribution in [0.5, 0.6) is 0 Å². The molecule has 0 aliphatic carbocycles. The monoisotopic (exact) mass is 281 g/mol. The number of rotatable bonds is 6. The summed E-state index contributed by atoms with van der Waals surface area (Å²) in [6.45, 7) is 5.76. The summed E-state index contributed by atoms with van der Waals surface area (Å²) in [6.07, 6.45) is 3.15. The molecular weight excluding hydrogens is 262 g/mol. The molecule has 0 bridgehead atoms. The standard InChI is InChI=1S/C12H19N5O3/c1-3-13-11-14-7-9(17(18)19)10(16-11)15-8-12(2)5-4-6-20-12/h7H,3-6,8H2,1-2H3,(H2,13,14,15,16). The smallest absolute Gasteiger partial charge is 0.329 e. The van der Waals surface area contributed by atoms with Gasteiger partial charge in [0.25, 0.3) is 0 Å². The number of aromatic nitrogens is 2. The van der Waals surface area contributed by atoms with E-state index in [1.54, 1.807) is 0 Å². The summed E-state index contributed by atoms with van der Waals surface area (Å²) in [5.41, 5.74) is -0.426. The van der Waals surface area contributed by atoms with Gasteiger partial charge < -0.3 is 15.4 Å². The lowest BCUT2D eigenvalue weighted by molar-refractivity contribution is -0.384. The number of ether oxygens (including phenoxy) is 1. The van der Waals surface area contributed by atoms with Gasteiger partial charge in [0.1, 0.15) is 6.20 Å². The highest BCUT2D eigenvalue weighted by Gasteiger charge is 2.30. The second kappa shape index (κ2) is 6.00. The minimum absolute atomic E-state index is 0.131. The molecular formula is C12H19N5O3. The van der Waals surface area contributed by atoms with E-state index in [0.717, 1.165) is 19.4 Å². The number of nitrogens with one attached hydrogen (secondary N) is 2. The fraction of sp³-hybridized carbons (Fsp3) is 0.667. The van der Waals surface area contributed by atoms with Crippen LogP contribution in [-0.4, -0.2) is 40.2 Å². The zero-order chi connectivity index (χ0) is 14.6. The van der Waals surface area contributed by atoms with Crippen LogP contribution < -0.4 is 10.6 Å². The molecule has 8 heteroatoms. The van der Waals surface area contributed by atoms with Crippen molar-refractivity contribution in [3.8, 4) is 0 Å². The molecule has 1 atom stereocenters. The van der Waals surface area contributed by atoms with Gasteiger partial charge in [0.15, 0.2) is 0 Å². The molecule has 1 aliphatic heterocycles. The number of hydrogen-bond donors (Lipinski definition) is 2. The van der Waals surface area contributed by atoms with Crippen LogP contribution in [0.15, 0.2) is 6.20 Å².